The van der Waals surface area contributed by atoms with Crippen molar-refractivity contribution in [2.24, 2.45) is 0 Å². The van der Waals surface area contributed by atoms with Crippen molar-refractivity contribution >= 4 is 23.1 Å². The first-order chi connectivity index (χ1) is 12.6. The molecule has 0 aliphatic carbocycles. The Morgan fingerprint density at radius 2 is 2.19 bits per heavy atom. The molecule has 26 heavy (non-hydrogen) atoms. The van der Waals surface area contributed by atoms with Gasteiger partial charge in [0.15, 0.2) is 5.75 Å². The summed E-state index contributed by atoms with van der Waals surface area (Å²) in [5.41, 5.74) is 3.70. The number of hydrogen-bond acceptors (Lipinski definition) is 5. The molecule has 134 valence electrons. The van der Waals surface area contributed by atoms with Crippen LogP contribution in [0.15, 0.2) is 43.2 Å². The first kappa shape index (κ1) is 18.1. The van der Waals surface area contributed by atoms with Gasteiger partial charge in [0.25, 0.3) is 0 Å². The lowest BCUT2D eigenvalue weighted by atomic mass is 10.1. The summed E-state index contributed by atoms with van der Waals surface area (Å²) in [7, 11) is 1.56. The Balaban J connectivity index is 2.38. The van der Waals surface area contributed by atoms with E-state index in [4.69, 9.17) is 21.1 Å². The Labute approximate surface area is 156 Å². The summed E-state index contributed by atoms with van der Waals surface area (Å²) in [5, 5.41) is 5.10. The molecular weight excluding hydrogens is 354 g/mol. The molecule has 3 rings (SSSR count). The molecule has 3 aromatic heterocycles. The average molecular weight is 372 g/mol. The number of carbonyl (C=O) groups excluding carboxylic acids is 1. The number of carbonyl (C=O) groups is 1. The number of halogens is 1. The maximum absolute atomic E-state index is 11.9. The fourth-order valence-corrected chi connectivity index (χ4v) is 2.96. The summed E-state index contributed by atoms with van der Waals surface area (Å²) in [4.78, 5) is 16.1. The molecule has 0 saturated carbocycles. The van der Waals surface area contributed by atoms with Crippen LogP contribution >= 0.6 is 11.6 Å². The van der Waals surface area contributed by atoms with E-state index in [2.05, 4.69) is 16.7 Å². The van der Waals surface area contributed by atoms with E-state index in [1.54, 1.807) is 25.6 Å². The SMILES string of the molecule is C=CC(=O)Oc1c(COC)nn2c(CC)ccc2c1-c1cncc(Cl)c1. The van der Waals surface area contributed by atoms with E-state index < -0.39 is 5.97 Å². The largest absolute Gasteiger partial charge is 0.420 e. The van der Waals surface area contributed by atoms with Crippen molar-refractivity contribution in [1.82, 2.24) is 14.6 Å². The van der Waals surface area contributed by atoms with Gasteiger partial charge in [0.05, 0.1) is 22.7 Å². The second kappa shape index (κ2) is 7.68. The van der Waals surface area contributed by atoms with Crippen molar-refractivity contribution in [3.05, 3.63) is 59.7 Å². The van der Waals surface area contributed by atoms with Crippen molar-refractivity contribution < 1.29 is 14.3 Å². The van der Waals surface area contributed by atoms with E-state index in [1.807, 2.05) is 23.6 Å². The number of pyridine rings is 1. The number of fused-ring (bicyclic) bond motifs is 1. The number of nitrogens with zero attached hydrogens (tertiary/aromatic N) is 3. The lowest BCUT2D eigenvalue weighted by molar-refractivity contribution is -0.129. The van der Waals surface area contributed by atoms with E-state index in [0.29, 0.717) is 22.0 Å². The Bertz CT molecular complexity index is 982. The van der Waals surface area contributed by atoms with Crippen LogP contribution in [-0.2, 0) is 22.6 Å². The van der Waals surface area contributed by atoms with Crippen LogP contribution in [0.25, 0.3) is 16.6 Å². The fourth-order valence-electron chi connectivity index (χ4n) is 2.78. The van der Waals surface area contributed by atoms with Crippen LogP contribution in [0.2, 0.25) is 5.02 Å². The third-order valence-corrected chi connectivity index (χ3v) is 4.11. The molecule has 0 saturated heterocycles. The zero-order valence-corrected chi connectivity index (χ0v) is 15.3. The highest BCUT2D eigenvalue weighted by Gasteiger charge is 2.22. The van der Waals surface area contributed by atoms with Crippen LogP contribution in [0.1, 0.15) is 18.3 Å². The molecular formula is C19H18ClN3O3. The fraction of sp³-hybridized carbons (Fsp3) is 0.211. The number of hydrogen-bond donors (Lipinski definition) is 0. The molecule has 0 bridgehead atoms. The number of rotatable bonds is 6. The van der Waals surface area contributed by atoms with Gasteiger partial charge in [-0.3, -0.25) is 4.98 Å². The Morgan fingerprint density at radius 3 is 2.85 bits per heavy atom. The van der Waals surface area contributed by atoms with Crippen LogP contribution < -0.4 is 4.74 Å². The van der Waals surface area contributed by atoms with Crippen LogP contribution in [-0.4, -0.2) is 27.7 Å². The van der Waals surface area contributed by atoms with Gasteiger partial charge < -0.3 is 9.47 Å². The second-order valence-electron chi connectivity index (χ2n) is 5.58. The molecule has 0 fully saturated rings. The molecule has 3 heterocycles. The predicted octanol–water partition coefficient (Wildman–Crippen LogP) is 3.85. The van der Waals surface area contributed by atoms with Gasteiger partial charge in [-0.05, 0) is 24.6 Å². The molecule has 6 nitrogen and oxygen atoms in total. The number of ether oxygens (including phenoxy) is 2. The molecule has 0 aliphatic heterocycles. The van der Waals surface area contributed by atoms with E-state index in [0.717, 1.165) is 29.3 Å². The van der Waals surface area contributed by atoms with Gasteiger partial charge in [-0.15, -0.1) is 0 Å². The maximum Gasteiger partial charge on any atom is 0.335 e. The zero-order valence-electron chi connectivity index (χ0n) is 14.5. The highest BCUT2D eigenvalue weighted by Crippen LogP contribution is 2.38. The minimum Gasteiger partial charge on any atom is -0.420 e. The summed E-state index contributed by atoms with van der Waals surface area (Å²) in [6.45, 7) is 5.69. The molecule has 7 heteroatoms. The molecule has 0 radical (unpaired) electrons. The average Bonchev–Trinajstić information content (AvgIpc) is 3.04. The van der Waals surface area contributed by atoms with Crippen molar-refractivity contribution in [3.63, 3.8) is 0 Å². The maximum atomic E-state index is 11.9. The molecule has 0 amide bonds. The number of aryl methyl sites for hydroxylation is 1. The second-order valence-corrected chi connectivity index (χ2v) is 6.01. The molecule has 0 N–H and O–H groups in total. The number of esters is 1. The molecule has 0 spiro atoms. The smallest absolute Gasteiger partial charge is 0.335 e. The van der Waals surface area contributed by atoms with E-state index in [1.165, 1.54) is 0 Å². The van der Waals surface area contributed by atoms with Crippen LogP contribution in [0, 0.1) is 0 Å². The number of methoxy groups -OCH3 is 1. The topological polar surface area (TPSA) is 65.7 Å². The summed E-state index contributed by atoms with van der Waals surface area (Å²) >= 11 is 6.13. The Kier molecular flexibility index (Phi) is 5.35. The lowest BCUT2D eigenvalue weighted by Gasteiger charge is -2.16. The zero-order chi connectivity index (χ0) is 18.7. The molecule has 0 aliphatic rings. The number of aromatic nitrogens is 3. The van der Waals surface area contributed by atoms with Crippen LogP contribution in [0.4, 0.5) is 0 Å². The third kappa shape index (κ3) is 3.34. The van der Waals surface area contributed by atoms with Gasteiger partial charge in [-0.2, -0.15) is 5.10 Å². The molecule has 0 atom stereocenters. The van der Waals surface area contributed by atoms with Crippen LogP contribution in [0.5, 0.6) is 5.75 Å². The Hall–Kier alpha value is -2.70. The van der Waals surface area contributed by atoms with Crippen molar-refractivity contribution in [1.29, 1.82) is 0 Å². The first-order valence-electron chi connectivity index (χ1n) is 8.06. The first-order valence-corrected chi connectivity index (χ1v) is 8.44. The van der Waals surface area contributed by atoms with Crippen molar-refractivity contribution in [2.45, 2.75) is 20.0 Å². The van der Waals surface area contributed by atoms with Gasteiger partial charge in [0.1, 0.15) is 5.69 Å². The van der Waals surface area contributed by atoms with Gasteiger partial charge in [0.2, 0.25) is 0 Å². The third-order valence-electron chi connectivity index (χ3n) is 3.91. The van der Waals surface area contributed by atoms with E-state index >= 15 is 0 Å². The van der Waals surface area contributed by atoms with Gasteiger partial charge in [0, 0.05) is 36.8 Å². The monoisotopic (exact) mass is 371 g/mol. The quantitative estimate of drug-likeness (QED) is 0.486. The van der Waals surface area contributed by atoms with Gasteiger partial charge in [-0.25, -0.2) is 9.31 Å². The standard InChI is InChI=1S/C19H18ClN3O3/c1-4-14-6-7-16-18(12-8-13(20)10-21-9-12)19(26-17(24)5-2)15(11-25-3)22-23(14)16/h5-10H,2,4,11H2,1,3H3. The summed E-state index contributed by atoms with van der Waals surface area (Å²) in [6, 6.07) is 5.69. The molecule has 0 unspecified atom stereocenters. The lowest BCUT2D eigenvalue weighted by Crippen LogP contribution is -2.12. The van der Waals surface area contributed by atoms with E-state index in [-0.39, 0.29) is 6.61 Å². The van der Waals surface area contributed by atoms with Crippen molar-refractivity contribution in [2.75, 3.05) is 7.11 Å². The van der Waals surface area contributed by atoms with Crippen LogP contribution in [0.3, 0.4) is 0 Å². The van der Waals surface area contributed by atoms with Gasteiger partial charge >= 0.3 is 5.97 Å². The van der Waals surface area contributed by atoms with E-state index in [9.17, 15) is 4.79 Å². The molecule has 3 aromatic rings. The predicted molar refractivity (Wildman–Crippen MR) is 99.4 cm³/mol. The highest BCUT2D eigenvalue weighted by atomic mass is 35.5. The van der Waals surface area contributed by atoms with Gasteiger partial charge in [-0.1, -0.05) is 25.1 Å². The normalized spacial score (nSPS) is 10.9. The summed E-state index contributed by atoms with van der Waals surface area (Å²) in [5.74, 6) is -0.263. The minimum absolute atomic E-state index is 0.179. The highest BCUT2D eigenvalue weighted by molar-refractivity contribution is 6.30. The van der Waals surface area contributed by atoms with Crippen molar-refractivity contribution in [3.8, 4) is 16.9 Å². The Morgan fingerprint density at radius 1 is 1.38 bits per heavy atom. The summed E-state index contributed by atoms with van der Waals surface area (Å²) < 4.78 is 12.6. The molecule has 0 aromatic carbocycles. The minimum atomic E-state index is -0.577. The summed E-state index contributed by atoms with van der Waals surface area (Å²) in [6.07, 6.45) is 5.12.